The highest BCUT2D eigenvalue weighted by atomic mass is 16.2. The molecular weight excluding hydrogens is 374 g/mol. The minimum Gasteiger partial charge on any atom is -0.350 e. The normalized spacial score (nSPS) is 10.5. The van der Waals surface area contributed by atoms with Gasteiger partial charge in [0.2, 0.25) is 5.91 Å². The van der Waals surface area contributed by atoms with Crippen LogP contribution in [0.5, 0.6) is 0 Å². The van der Waals surface area contributed by atoms with Crippen molar-refractivity contribution in [2.75, 3.05) is 6.54 Å². The molecule has 2 amide bonds. The van der Waals surface area contributed by atoms with Gasteiger partial charge in [0, 0.05) is 29.3 Å². The second-order valence-electron chi connectivity index (χ2n) is 6.94. The van der Waals surface area contributed by atoms with E-state index < -0.39 is 0 Å². The number of rotatable bonds is 6. The Morgan fingerprint density at radius 1 is 0.767 bits per heavy atom. The standard InChI is InChI=1S/C25H21N3O2/c29-24(27-15-18-6-2-1-3-7-18)17-28-25(30)20-12-10-19(11-13-20)22-14-21-8-4-5-9-23(21)26-16-22/h1-14,16H,15,17H2,(H,27,29)(H,28,30). The first kappa shape index (κ1) is 19.3. The number of carbonyl (C=O) groups is 2. The summed E-state index contributed by atoms with van der Waals surface area (Å²) in [5.41, 5.74) is 4.42. The van der Waals surface area contributed by atoms with E-state index in [4.69, 9.17) is 0 Å². The fraction of sp³-hybridized carbons (Fsp3) is 0.0800. The molecule has 0 unspecified atom stereocenters. The maximum atomic E-state index is 12.3. The fourth-order valence-corrected chi connectivity index (χ4v) is 3.16. The van der Waals surface area contributed by atoms with Crippen LogP contribution < -0.4 is 10.6 Å². The van der Waals surface area contributed by atoms with Crippen LogP contribution in [0.2, 0.25) is 0 Å². The van der Waals surface area contributed by atoms with Crippen molar-refractivity contribution in [2.45, 2.75) is 6.54 Å². The number of aromatic nitrogens is 1. The second kappa shape index (κ2) is 9.01. The molecule has 4 rings (SSSR count). The number of para-hydroxylation sites is 1. The molecule has 4 aromatic rings. The van der Waals surface area contributed by atoms with Crippen molar-refractivity contribution in [1.29, 1.82) is 0 Å². The summed E-state index contributed by atoms with van der Waals surface area (Å²) in [7, 11) is 0. The van der Waals surface area contributed by atoms with Gasteiger partial charge in [0.25, 0.3) is 5.91 Å². The summed E-state index contributed by atoms with van der Waals surface area (Å²) >= 11 is 0. The van der Waals surface area contributed by atoms with Gasteiger partial charge >= 0.3 is 0 Å². The molecule has 3 aromatic carbocycles. The Hall–Kier alpha value is -3.99. The Morgan fingerprint density at radius 3 is 2.30 bits per heavy atom. The van der Waals surface area contributed by atoms with Crippen molar-refractivity contribution < 1.29 is 9.59 Å². The van der Waals surface area contributed by atoms with E-state index in [9.17, 15) is 9.59 Å². The van der Waals surface area contributed by atoms with Gasteiger partial charge in [-0.05, 0) is 35.4 Å². The van der Waals surface area contributed by atoms with E-state index in [0.29, 0.717) is 12.1 Å². The fourth-order valence-electron chi connectivity index (χ4n) is 3.16. The Balaban J connectivity index is 1.33. The number of benzene rings is 3. The molecule has 0 saturated heterocycles. The van der Waals surface area contributed by atoms with Crippen LogP contribution in [-0.4, -0.2) is 23.3 Å². The number of hydrogen-bond donors (Lipinski definition) is 2. The van der Waals surface area contributed by atoms with Gasteiger partial charge in [-0.1, -0.05) is 60.7 Å². The lowest BCUT2D eigenvalue weighted by Gasteiger charge is -2.08. The monoisotopic (exact) mass is 395 g/mol. The molecule has 0 fully saturated rings. The van der Waals surface area contributed by atoms with Crippen LogP contribution in [0.3, 0.4) is 0 Å². The number of fused-ring (bicyclic) bond motifs is 1. The van der Waals surface area contributed by atoms with Crippen LogP contribution >= 0.6 is 0 Å². The first-order valence-electron chi connectivity index (χ1n) is 9.73. The Bertz CT molecular complexity index is 1170. The minimum absolute atomic E-state index is 0.0674. The summed E-state index contributed by atoms with van der Waals surface area (Å²) in [4.78, 5) is 28.8. The van der Waals surface area contributed by atoms with Crippen LogP contribution in [0.4, 0.5) is 0 Å². The molecule has 5 nitrogen and oxygen atoms in total. The van der Waals surface area contributed by atoms with E-state index in [0.717, 1.165) is 27.6 Å². The molecule has 1 heterocycles. The van der Waals surface area contributed by atoms with Crippen LogP contribution in [0.15, 0.2) is 91.1 Å². The molecule has 0 saturated carbocycles. The topological polar surface area (TPSA) is 71.1 Å². The van der Waals surface area contributed by atoms with E-state index in [1.54, 1.807) is 12.1 Å². The molecule has 30 heavy (non-hydrogen) atoms. The number of hydrogen-bond acceptors (Lipinski definition) is 3. The van der Waals surface area contributed by atoms with Crippen LogP contribution in [0, 0.1) is 0 Å². The number of pyridine rings is 1. The molecule has 0 radical (unpaired) electrons. The Morgan fingerprint density at radius 2 is 1.50 bits per heavy atom. The zero-order valence-electron chi connectivity index (χ0n) is 16.3. The van der Waals surface area contributed by atoms with Gasteiger partial charge in [0.1, 0.15) is 0 Å². The zero-order valence-corrected chi connectivity index (χ0v) is 16.3. The average Bonchev–Trinajstić information content (AvgIpc) is 2.81. The summed E-state index contributed by atoms with van der Waals surface area (Å²) in [5.74, 6) is -0.515. The van der Waals surface area contributed by atoms with Crippen LogP contribution in [-0.2, 0) is 11.3 Å². The Labute approximate surface area is 174 Å². The van der Waals surface area contributed by atoms with Crippen LogP contribution in [0.1, 0.15) is 15.9 Å². The number of nitrogens with zero attached hydrogens (tertiary/aromatic N) is 1. The van der Waals surface area contributed by atoms with E-state index in [2.05, 4.69) is 21.7 Å². The predicted octanol–water partition coefficient (Wildman–Crippen LogP) is 3.95. The molecule has 0 spiro atoms. The molecule has 0 atom stereocenters. The lowest BCUT2D eigenvalue weighted by atomic mass is 10.0. The van der Waals surface area contributed by atoms with Crippen molar-refractivity contribution in [2.24, 2.45) is 0 Å². The summed E-state index contributed by atoms with van der Waals surface area (Å²) in [6.45, 7) is 0.367. The highest BCUT2D eigenvalue weighted by Gasteiger charge is 2.09. The SMILES string of the molecule is O=C(CNC(=O)c1ccc(-c2cnc3ccccc3c2)cc1)NCc1ccccc1. The number of nitrogens with one attached hydrogen (secondary N) is 2. The number of amides is 2. The van der Waals surface area contributed by atoms with Crippen molar-refractivity contribution >= 4 is 22.7 Å². The van der Waals surface area contributed by atoms with Crippen molar-refractivity contribution in [1.82, 2.24) is 15.6 Å². The van der Waals surface area contributed by atoms with E-state index in [1.165, 1.54) is 0 Å². The van der Waals surface area contributed by atoms with Crippen molar-refractivity contribution in [3.63, 3.8) is 0 Å². The smallest absolute Gasteiger partial charge is 0.251 e. The molecule has 0 aliphatic rings. The minimum atomic E-state index is -0.284. The van der Waals surface area contributed by atoms with Gasteiger partial charge in [-0.2, -0.15) is 0 Å². The van der Waals surface area contributed by atoms with E-state index in [1.807, 2.05) is 72.9 Å². The van der Waals surface area contributed by atoms with Crippen molar-refractivity contribution in [3.05, 3.63) is 102 Å². The molecule has 148 valence electrons. The van der Waals surface area contributed by atoms with E-state index >= 15 is 0 Å². The van der Waals surface area contributed by atoms with Gasteiger partial charge in [-0.15, -0.1) is 0 Å². The third-order valence-electron chi connectivity index (χ3n) is 4.81. The lowest BCUT2D eigenvalue weighted by molar-refractivity contribution is -0.120. The highest BCUT2D eigenvalue weighted by Crippen LogP contribution is 2.23. The largest absolute Gasteiger partial charge is 0.350 e. The summed E-state index contributed by atoms with van der Waals surface area (Å²) < 4.78 is 0. The highest BCUT2D eigenvalue weighted by molar-refractivity contribution is 5.97. The molecule has 0 bridgehead atoms. The summed E-state index contributed by atoms with van der Waals surface area (Å²) in [5, 5.41) is 6.51. The zero-order chi connectivity index (χ0) is 20.8. The molecule has 5 heteroatoms. The van der Waals surface area contributed by atoms with Gasteiger partial charge in [0.05, 0.1) is 12.1 Å². The van der Waals surface area contributed by atoms with Gasteiger partial charge in [0.15, 0.2) is 0 Å². The van der Waals surface area contributed by atoms with Gasteiger partial charge < -0.3 is 10.6 Å². The molecule has 2 N–H and O–H groups in total. The maximum Gasteiger partial charge on any atom is 0.251 e. The Kier molecular flexibility index (Phi) is 5.80. The predicted molar refractivity (Wildman–Crippen MR) is 118 cm³/mol. The molecule has 0 aliphatic heterocycles. The summed E-state index contributed by atoms with van der Waals surface area (Å²) in [6, 6.07) is 26.9. The van der Waals surface area contributed by atoms with E-state index in [-0.39, 0.29) is 18.4 Å². The average molecular weight is 395 g/mol. The van der Waals surface area contributed by atoms with Crippen LogP contribution in [0.25, 0.3) is 22.0 Å². The molecule has 1 aromatic heterocycles. The first-order chi connectivity index (χ1) is 14.7. The third-order valence-corrected chi connectivity index (χ3v) is 4.81. The number of carbonyl (C=O) groups excluding carboxylic acids is 2. The first-order valence-corrected chi connectivity index (χ1v) is 9.73. The molecular formula is C25H21N3O2. The van der Waals surface area contributed by atoms with Gasteiger partial charge in [-0.25, -0.2) is 0 Å². The van der Waals surface area contributed by atoms with Gasteiger partial charge in [-0.3, -0.25) is 14.6 Å². The molecule has 0 aliphatic carbocycles. The summed E-state index contributed by atoms with van der Waals surface area (Å²) in [6.07, 6.45) is 1.83. The lowest BCUT2D eigenvalue weighted by Crippen LogP contribution is -2.36. The van der Waals surface area contributed by atoms with Crippen molar-refractivity contribution in [3.8, 4) is 11.1 Å². The maximum absolute atomic E-state index is 12.3. The third kappa shape index (κ3) is 4.70. The second-order valence-corrected chi connectivity index (χ2v) is 6.94. The quantitative estimate of drug-likeness (QED) is 0.519.